The lowest BCUT2D eigenvalue weighted by atomic mass is 10.1. The molecule has 122 valence electrons. The average molecular weight is 363 g/mol. The number of halogens is 2. The molecule has 0 saturated heterocycles. The molecule has 24 heavy (non-hydrogen) atoms. The zero-order valence-corrected chi connectivity index (χ0v) is 14.0. The molecule has 1 aromatic heterocycles. The third-order valence-electron chi connectivity index (χ3n) is 3.72. The second-order valence-electron chi connectivity index (χ2n) is 5.30. The van der Waals surface area contributed by atoms with E-state index in [1.165, 1.54) is 11.6 Å². The van der Waals surface area contributed by atoms with Gasteiger partial charge in [0.1, 0.15) is 11.7 Å². The number of aromatic nitrogens is 2. The van der Waals surface area contributed by atoms with Crippen molar-refractivity contribution in [2.24, 2.45) is 0 Å². The summed E-state index contributed by atoms with van der Waals surface area (Å²) in [5.41, 5.74) is 1.09. The number of hydrogen-bond donors (Lipinski definition) is 1. The standard InChI is InChI=1S/C17H12Cl2N2O3/c1-9(17(23)24)21-14-8-12(19)6-7-13(14)15(20-21)16(22)10-2-4-11(18)5-3-10/h2-9H,1H3,(H,23,24). The summed E-state index contributed by atoms with van der Waals surface area (Å²) in [6.45, 7) is 1.49. The molecule has 3 aromatic rings. The van der Waals surface area contributed by atoms with Crippen LogP contribution in [-0.2, 0) is 4.79 Å². The highest BCUT2D eigenvalue weighted by Gasteiger charge is 2.23. The molecule has 2 aromatic carbocycles. The number of carboxylic acids is 1. The average Bonchev–Trinajstić information content (AvgIpc) is 2.92. The third kappa shape index (κ3) is 2.88. The first-order valence-electron chi connectivity index (χ1n) is 7.09. The van der Waals surface area contributed by atoms with Crippen molar-refractivity contribution in [1.82, 2.24) is 9.78 Å². The van der Waals surface area contributed by atoms with Crippen LogP contribution < -0.4 is 0 Å². The van der Waals surface area contributed by atoms with Gasteiger partial charge in [-0.3, -0.25) is 9.48 Å². The van der Waals surface area contributed by atoms with Crippen molar-refractivity contribution in [3.8, 4) is 0 Å². The fourth-order valence-electron chi connectivity index (χ4n) is 2.42. The van der Waals surface area contributed by atoms with E-state index < -0.39 is 12.0 Å². The largest absolute Gasteiger partial charge is 0.480 e. The maximum absolute atomic E-state index is 12.8. The van der Waals surface area contributed by atoms with Crippen molar-refractivity contribution < 1.29 is 14.7 Å². The minimum Gasteiger partial charge on any atom is -0.480 e. The van der Waals surface area contributed by atoms with Gasteiger partial charge in [-0.2, -0.15) is 5.10 Å². The molecule has 0 spiro atoms. The molecular formula is C17H12Cl2N2O3. The third-order valence-corrected chi connectivity index (χ3v) is 4.20. The van der Waals surface area contributed by atoms with Crippen LogP contribution >= 0.6 is 23.2 Å². The molecule has 1 N–H and O–H groups in total. The Labute approximate surface area is 147 Å². The lowest BCUT2D eigenvalue weighted by molar-refractivity contribution is -0.140. The van der Waals surface area contributed by atoms with Crippen LogP contribution in [0.4, 0.5) is 0 Å². The van der Waals surface area contributed by atoms with Crippen molar-refractivity contribution in [2.75, 3.05) is 0 Å². The number of benzene rings is 2. The predicted octanol–water partition coefficient (Wildman–Crippen LogP) is 4.22. The fraction of sp³-hybridized carbons (Fsp3) is 0.118. The first-order chi connectivity index (χ1) is 11.4. The summed E-state index contributed by atoms with van der Waals surface area (Å²) in [5, 5.41) is 15.0. The van der Waals surface area contributed by atoms with Crippen molar-refractivity contribution in [2.45, 2.75) is 13.0 Å². The highest BCUT2D eigenvalue weighted by molar-refractivity contribution is 6.31. The Morgan fingerprint density at radius 3 is 2.33 bits per heavy atom. The van der Waals surface area contributed by atoms with Gasteiger partial charge in [-0.05, 0) is 49.4 Å². The molecule has 1 heterocycles. The number of hydrogen-bond acceptors (Lipinski definition) is 3. The second-order valence-corrected chi connectivity index (χ2v) is 6.18. The number of carboxylic acid groups (broad SMARTS) is 1. The molecule has 0 fully saturated rings. The summed E-state index contributed by atoms with van der Waals surface area (Å²) in [5.74, 6) is -1.36. The second kappa shape index (κ2) is 6.26. The number of nitrogens with zero attached hydrogens (tertiary/aromatic N) is 2. The van der Waals surface area contributed by atoms with E-state index >= 15 is 0 Å². The van der Waals surface area contributed by atoms with E-state index in [9.17, 15) is 14.7 Å². The van der Waals surface area contributed by atoms with Crippen molar-refractivity contribution in [1.29, 1.82) is 0 Å². The van der Waals surface area contributed by atoms with Crippen LogP contribution in [0.25, 0.3) is 10.9 Å². The lowest BCUT2D eigenvalue weighted by Crippen LogP contribution is -2.17. The van der Waals surface area contributed by atoms with Gasteiger partial charge in [0.05, 0.1) is 5.52 Å². The molecule has 5 nitrogen and oxygen atoms in total. The topological polar surface area (TPSA) is 72.2 Å². The van der Waals surface area contributed by atoms with Crippen LogP contribution in [-0.4, -0.2) is 26.6 Å². The van der Waals surface area contributed by atoms with E-state index in [-0.39, 0.29) is 11.5 Å². The van der Waals surface area contributed by atoms with E-state index in [4.69, 9.17) is 23.2 Å². The van der Waals surface area contributed by atoms with Crippen molar-refractivity contribution in [3.05, 3.63) is 63.8 Å². The number of carbonyl (C=O) groups is 2. The lowest BCUT2D eigenvalue weighted by Gasteiger charge is -2.08. The van der Waals surface area contributed by atoms with Gasteiger partial charge in [0.15, 0.2) is 0 Å². The molecule has 0 amide bonds. The Morgan fingerprint density at radius 1 is 1.08 bits per heavy atom. The smallest absolute Gasteiger partial charge is 0.328 e. The normalized spacial score (nSPS) is 12.3. The monoisotopic (exact) mass is 362 g/mol. The zero-order chi connectivity index (χ0) is 17.4. The quantitative estimate of drug-likeness (QED) is 0.705. The molecular weight excluding hydrogens is 351 g/mol. The van der Waals surface area contributed by atoms with E-state index in [1.54, 1.807) is 42.5 Å². The van der Waals surface area contributed by atoms with E-state index in [1.807, 2.05) is 0 Å². The summed E-state index contributed by atoms with van der Waals surface area (Å²) in [6.07, 6.45) is 0. The number of ketones is 1. The molecule has 3 rings (SSSR count). The van der Waals surface area contributed by atoms with Gasteiger partial charge >= 0.3 is 5.97 Å². The van der Waals surface area contributed by atoms with Gasteiger partial charge in [0.2, 0.25) is 5.78 Å². The van der Waals surface area contributed by atoms with Gasteiger partial charge in [-0.25, -0.2) is 4.79 Å². The summed E-state index contributed by atoms with van der Waals surface area (Å²) >= 11 is 11.9. The van der Waals surface area contributed by atoms with Crippen LogP contribution in [0, 0.1) is 0 Å². The van der Waals surface area contributed by atoms with E-state index in [0.717, 1.165) is 0 Å². The van der Waals surface area contributed by atoms with Gasteiger partial charge in [0.25, 0.3) is 0 Å². The zero-order valence-electron chi connectivity index (χ0n) is 12.5. The van der Waals surface area contributed by atoms with E-state index in [0.29, 0.717) is 26.5 Å². The molecule has 7 heteroatoms. The maximum atomic E-state index is 12.8. The fourth-order valence-corrected chi connectivity index (χ4v) is 2.71. The SMILES string of the molecule is CC(C(=O)O)n1nc(C(=O)c2ccc(Cl)cc2)c2ccc(Cl)cc21. The molecule has 0 aliphatic rings. The Kier molecular flexibility index (Phi) is 4.30. The van der Waals surface area contributed by atoms with Gasteiger partial charge in [0, 0.05) is 21.0 Å². The minimum atomic E-state index is -1.05. The van der Waals surface area contributed by atoms with Crippen LogP contribution in [0.1, 0.15) is 29.0 Å². The molecule has 0 aliphatic carbocycles. The summed E-state index contributed by atoms with van der Waals surface area (Å²) in [7, 11) is 0. The molecule has 0 radical (unpaired) electrons. The number of rotatable bonds is 4. The van der Waals surface area contributed by atoms with Gasteiger partial charge in [-0.1, -0.05) is 23.2 Å². The Morgan fingerprint density at radius 2 is 1.71 bits per heavy atom. The Balaban J connectivity index is 2.19. The Bertz CT molecular complexity index is 948. The molecule has 0 aliphatic heterocycles. The summed E-state index contributed by atoms with van der Waals surface area (Å²) in [6, 6.07) is 10.4. The number of aliphatic carboxylic acids is 1. The van der Waals surface area contributed by atoms with Crippen LogP contribution in [0.2, 0.25) is 10.0 Å². The number of carbonyl (C=O) groups excluding carboxylic acids is 1. The van der Waals surface area contributed by atoms with Crippen LogP contribution in [0.3, 0.4) is 0 Å². The highest BCUT2D eigenvalue weighted by atomic mass is 35.5. The Hall–Kier alpha value is -2.37. The summed E-state index contributed by atoms with van der Waals surface area (Å²) in [4.78, 5) is 24.1. The molecule has 0 bridgehead atoms. The van der Waals surface area contributed by atoms with Gasteiger partial charge in [-0.15, -0.1) is 0 Å². The molecule has 1 unspecified atom stereocenters. The highest BCUT2D eigenvalue weighted by Crippen LogP contribution is 2.27. The number of fused-ring (bicyclic) bond motifs is 1. The maximum Gasteiger partial charge on any atom is 0.328 e. The molecule has 0 saturated carbocycles. The van der Waals surface area contributed by atoms with Crippen molar-refractivity contribution in [3.63, 3.8) is 0 Å². The van der Waals surface area contributed by atoms with E-state index in [2.05, 4.69) is 5.10 Å². The van der Waals surface area contributed by atoms with Crippen molar-refractivity contribution >= 4 is 45.9 Å². The van der Waals surface area contributed by atoms with Gasteiger partial charge < -0.3 is 5.11 Å². The van der Waals surface area contributed by atoms with Crippen LogP contribution in [0.15, 0.2) is 42.5 Å². The first kappa shape index (κ1) is 16.5. The summed E-state index contributed by atoms with van der Waals surface area (Å²) < 4.78 is 1.30. The van der Waals surface area contributed by atoms with Crippen LogP contribution in [0.5, 0.6) is 0 Å². The first-order valence-corrected chi connectivity index (χ1v) is 7.85. The minimum absolute atomic E-state index is 0.178. The molecule has 1 atom stereocenters. The predicted molar refractivity (Wildman–Crippen MR) is 92.0 cm³/mol.